The van der Waals surface area contributed by atoms with Crippen LogP contribution in [0.5, 0.6) is 0 Å². The molecule has 0 radical (unpaired) electrons. The fraction of sp³-hybridized carbons (Fsp3) is 0.500. The van der Waals surface area contributed by atoms with E-state index in [1.54, 1.807) is 6.07 Å². The Labute approximate surface area is 123 Å². The Balaban J connectivity index is 2.37. The number of benzene rings is 1. The standard InChI is InChI=1S/C14H17FN2O3S/c1-14(9-18)7-3-6-13(14)17-21(19,20)12-5-2-4-11(15)10(12)8-16/h2,4-5,13,17-18H,3,6-7,9H2,1H3/t13-,14+/m1/s1. The number of halogens is 1. The first-order chi connectivity index (χ1) is 9.84. The van der Waals surface area contributed by atoms with E-state index < -0.39 is 32.9 Å². The zero-order valence-corrected chi connectivity index (χ0v) is 12.5. The van der Waals surface area contributed by atoms with Gasteiger partial charge in [0.2, 0.25) is 10.0 Å². The Morgan fingerprint density at radius 1 is 1.57 bits per heavy atom. The second-order valence-electron chi connectivity index (χ2n) is 5.60. The predicted octanol–water partition coefficient (Wildman–Crippen LogP) is 1.53. The molecule has 0 amide bonds. The van der Waals surface area contributed by atoms with E-state index in [1.807, 2.05) is 6.92 Å². The highest BCUT2D eigenvalue weighted by molar-refractivity contribution is 7.89. The average molecular weight is 312 g/mol. The Morgan fingerprint density at radius 3 is 2.90 bits per heavy atom. The molecule has 0 unspecified atom stereocenters. The molecule has 0 saturated heterocycles. The number of sulfonamides is 1. The van der Waals surface area contributed by atoms with Crippen LogP contribution in [0.2, 0.25) is 0 Å². The van der Waals surface area contributed by atoms with Crippen molar-refractivity contribution < 1.29 is 17.9 Å². The molecule has 1 aromatic rings. The molecule has 2 N–H and O–H groups in total. The van der Waals surface area contributed by atoms with E-state index in [0.717, 1.165) is 12.5 Å². The summed E-state index contributed by atoms with van der Waals surface area (Å²) in [6, 6.07) is 4.66. The minimum atomic E-state index is -4.01. The summed E-state index contributed by atoms with van der Waals surface area (Å²) in [7, 11) is -4.01. The second kappa shape index (κ2) is 5.72. The quantitative estimate of drug-likeness (QED) is 0.882. The third-order valence-electron chi connectivity index (χ3n) is 4.12. The van der Waals surface area contributed by atoms with Crippen molar-refractivity contribution in [3.63, 3.8) is 0 Å². The van der Waals surface area contributed by atoms with Crippen LogP contribution < -0.4 is 4.72 Å². The van der Waals surface area contributed by atoms with E-state index in [9.17, 15) is 17.9 Å². The Kier molecular flexibility index (Phi) is 4.33. The lowest BCUT2D eigenvalue weighted by molar-refractivity contribution is 0.127. The lowest BCUT2D eigenvalue weighted by atomic mass is 9.86. The molecule has 1 aliphatic carbocycles. The molecule has 0 bridgehead atoms. The molecule has 21 heavy (non-hydrogen) atoms. The van der Waals surface area contributed by atoms with Gasteiger partial charge in [-0.05, 0) is 25.0 Å². The molecular formula is C14H17FN2O3S. The fourth-order valence-corrected chi connectivity index (χ4v) is 4.28. The summed E-state index contributed by atoms with van der Waals surface area (Å²) >= 11 is 0. The predicted molar refractivity (Wildman–Crippen MR) is 74.3 cm³/mol. The number of hydrogen-bond acceptors (Lipinski definition) is 4. The largest absolute Gasteiger partial charge is 0.396 e. The van der Waals surface area contributed by atoms with E-state index in [4.69, 9.17) is 5.26 Å². The van der Waals surface area contributed by atoms with Gasteiger partial charge in [-0.15, -0.1) is 0 Å². The highest BCUT2D eigenvalue weighted by Crippen LogP contribution is 2.38. The summed E-state index contributed by atoms with van der Waals surface area (Å²) in [6.45, 7) is 1.68. The third-order valence-corrected chi connectivity index (χ3v) is 5.63. The first-order valence-corrected chi connectivity index (χ1v) is 8.14. The molecule has 7 heteroatoms. The molecule has 0 spiro atoms. The summed E-state index contributed by atoms with van der Waals surface area (Å²) in [5, 5.41) is 18.4. The SMILES string of the molecule is C[C@@]1(CO)CCC[C@H]1NS(=O)(=O)c1cccc(F)c1C#N. The van der Waals surface area contributed by atoms with Gasteiger partial charge in [-0.2, -0.15) is 5.26 Å². The van der Waals surface area contributed by atoms with Crippen LogP contribution in [0.15, 0.2) is 23.1 Å². The average Bonchev–Trinajstić information content (AvgIpc) is 2.80. The summed E-state index contributed by atoms with van der Waals surface area (Å²) < 4.78 is 40.9. The monoisotopic (exact) mass is 312 g/mol. The molecule has 0 aromatic heterocycles. The fourth-order valence-electron chi connectivity index (χ4n) is 2.71. The molecular weight excluding hydrogens is 295 g/mol. The first-order valence-electron chi connectivity index (χ1n) is 6.66. The summed E-state index contributed by atoms with van der Waals surface area (Å²) in [6.07, 6.45) is 2.12. The van der Waals surface area contributed by atoms with Crippen molar-refractivity contribution in [3.05, 3.63) is 29.6 Å². The maximum absolute atomic E-state index is 13.6. The summed E-state index contributed by atoms with van der Waals surface area (Å²) in [4.78, 5) is -0.364. The molecule has 1 saturated carbocycles. The maximum atomic E-state index is 13.6. The van der Waals surface area contributed by atoms with E-state index >= 15 is 0 Å². The van der Waals surface area contributed by atoms with Gasteiger partial charge >= 0.3 is 0 Å². The van der Waals surface area contributed by atoms with Crippen LogP contribution in [0, 0.1) is 22.6 Å². The highest BCUT2D eigenvalue weighted by Gasteiger charge is 2.41. The first kappa shape index (κ1) is 15.9. The van der Waals surface area contributed by atoms with Gasteiger partial charge in [-0.3, -0.25) is 0 Å². The van der Waals surface area contributed by atoms with Crippen LogP contribution in [-0.2, 0) is 10.0 Å². The molecule has 1 aliphatic rings. The lowest BCUT2D eigenvalue weighted by Gasteiger charge is -2.29. The van der Waals surface area contributed by atoms with E-state index in [1.165, 1.54) is 12.1 Å². The minimum absolute atomic E-state index is 0.131. The van der Waals surface area contributed by atoms with Gasteiger partial charge in [0, 0.05) is 18.1 Å². The van der Waals surface area contributed by atoms with Crippen LogP contribution in [0.4, 0.5) is 4.39 Å². The number of aliphatic hydroxyl groups excluding tert-OH is 1. The summed E-state index contributed by atoms with van der Waals surface area (Å²) in [5.74, 6) is -0.864. The van der Waals surface area contributed by atoms with E-state index in [-0.39, 0.29) is 11.5 Å². The molecule has 2 rings (SSSR count). The molecule has 5 nitrogen and oxygen atoms in total. The van der Waals surface area contributed by atoms with Gasteiger partial charge in [0.05, 0.1) is 0 Å². The molecule has 0 aliphatic heterocycles. The molecule has 2 atom stereocenters. The summed E-state index contributed by atoms with van der Waals surface area (Å²) in [5.41, 5.74) is -1.03. The normalized spacial score (nSPS) is 25.7. The number of hydrogen-bond donors (Lipinski definition) is 2. The maximum Gasteiger partial charge on any atom is 0.242 e. The van der Waals surface area contributed by atoms with Crippen molar-refractivity contribution in [3.8, 4) is 6.07 Å². The highest BCUT2D eigenvalue weighted by atomic mass is 32.2. The van der Waals surface area contributed by atoms with Crippen LogP contribution in [0.1, 0.15) is 31.7 Å². The Morgan fingerprint density at radius 2 is 2.29 bits per heavy atom. The van der Waals surface area contributed by atoms with Crippen LogP contribution in [0.3, 0.4) is 0 Å². The van der Waals surface area contributed by atoms with Crippen molar-refractivity contribution in [2.75, 3.05) is 6.61 Å². The molecule has 0 heterocycles. The second-order valence-corrected chi connectivity index (χ2v) is 7.29. The number of aliphatic hydroxyl groups is 1. The van der Waals surface area contributed by atoms with Gasteiger partial charge in [-0.25, -0.2) is 17.5 Å². The minimum Gasteiger partial charge on any atom is -0.396 e. The topological polar surface area (TPSA) is 90.2 Å². The van der Waals surface area contributed by atoms with Gasteiger partial charge in [0.25, 0.3) is 0 Å². The van der Waals surface area contributed by atoms with Crippen molar-refractivity contribution in [2.24, 2.45) is 5.41 Å². The van der Waals surface area contributed by atoms with E-state index in [0.29, 0.717) is 12.8 Å². The number of nitrogens with zero attached hydrogens (tertiary/aromatic N) is 1. The number of nitriles is 1. The Hall–Kier alpha value is -1.49. The van der Waals surface area contributed by atoms with Crippen LogP contribution >= 0.6 is 0 Å². The van der Waals surface area contributed by atoms with Crippen LogP contribution in [0.25, 0.3) is 0 Å². The van der Waals surface area contributed by atoms with Gasteiger partial charge in [0.15, 0.2) is 0 Å². The van der Waals surface area contributed by atoms with E-state index in [2.05, 4.69) is 4.72 Å². The third kappa shape index (κ3) is 2.93. The Bertz CT molecular complexity index is 684. The zero-order chi connectivity index (χ0) is 15.7. The smallest absolute Gasteiger partial charge is 0.242 e. The van der Waals surface area contributed by atoms with Crippen molar-refractivity contribution in [2.45, 2.75) is 37.1 Å². The van der Waals surface area contributed by atoms with Gasteiger partial charge < -0.3 is 5.11 Å². The number of rotatable bonds is 4. The van der Waals surface area contributed by atoms with Crippen molar-refractivity contribution >= 4 is 10.0 Å². The van der Waals surface area contributed by atoms with Gasteiger partial charge in [-0.1, -0.05) is 19.4 Å². The lowest BCUT2D eigenvalue weighted by Crippen LogP contribution is -2.44. The molecule has 1 aromatic carbocycles. The molecule has 1 fully saturated rings. The van der Waals surface area contributed by atoms with Crippen molar-refractivity contribution in [1.29, 1.82) is 5.26 Å². The number of nitrogens with one attached hydrogen (secondary N) is 1. The van der Waals surface area contributed by atoms with Crippen molar-refractivity contribution in [1.82, 2.24) is 4.72 Å². The van der Waals surface area contributed by atoms with Gasteiger partial charge in [0.1, 0.15) is 22.3 Å². The van der Waals surface area contributed by atoms with Crippen LogP contribution in [-0.4, -0.2) is 26.2 Å². The zero-order valence-electron chi connectivity index (χ0n) is 11.6. The molecule has 114 valence electrons.